The largest absolute Gasteiger partial charge is 2.00 e. The van der Waals surface area contributed by atoms with Crippen molar-refractivity contribution in [2.24, 2.45) is 0 Å². The first-order chi connectivity index (χ1) is 17.6. The minimum absolute atomic E-state index is 0. The van der Waals surface area contributed by atoms with Gasteiger partial charge in [-0.05, 0) is 69.0 Å². The number of alkyl halides is 1. The molecule has 0 aliphatic rings. The molecule has 0 aliphatic carbocycles. The van der Waals surface area contributed by atoms with E-state index < -0.39 is 0 Å². The van der Waals surface area contributed by atoms with Gasteiger partial charge in [0.2, 0.25) is 0 Å². The number of aryl methyl sites for hydroxylation is 1. The summed E-state index contributed by atoms with van der Waals surface area (Å²) in [5, 5.41) is 9.66. The standard InChI is InChI=1S/C10H16S.C6H13Br.2C6H13.C4H3BrS.2BrH.3Mg.2H/c1-2-3-4-5-6-10-7-8-11-9-10;1-2-3-4-5-6-7;2*1-3-5-6-4-2;5-4-1-2-6-3-4;;;;;;;/h7-9H,2-6H2,1H3;2-6H2,1H3;2*1,3-6H2,2H3;1-3H;2*1H;;;;;/q;;2*-1;;;;3*+2;2*-1/p-2. The van der Waals surface area contributed by atoms with Gasteiger partial charge in [-0.1, -0.05) is 121 Å². The van der Waals surface area contributed by atoms with Crippen molar-refractivity contribution in [2.75, 3.05) is 5.33 Å². The van der Waals surface area contributed by atoms with Crippen LogP contribution < -0.4 is 34.0 Å². The van der Waals surface area contributed by atoms with Gasteiger partial charge in [0.1, 0.15) is 0 Å². The number of halogens is 4. The normalized spacial score (nSPS) is 8.29. The van der Waals surface area contributed by atoms with Crippen molar-refractivity contribution in [3.8, 4) is 0 Å². The Morgan fingerprint density at radius 2 is 1.02 bits per heavy atom. The molecule has 0 saturated heterocycles. The molecule has 0 bridgehead atoms. The number of hydrogen-bond donors (Lipinski definition) is 0. The number of hydrogen-bond acceptors (Lipinski definition) is 2. The second-order valence-electron chi connectivity index (χ2n) is 8.75. The third kappa shape index (κ3) is 66.8. The summed E-state index contributed by atoms with van der Waals surface area (Å²) in [6.45, 7) is 16.3. The van der Waals surface area contributed by atoms with Crippen molar-refractivity contribution in [1.82, 2.24) is 0 Å². The van der Waals surface area contributed by atoms with E-state index in [2.05, 4.69) is 90.2 Å². The van der Waals surface area contributed by atoms with Crippen molar-refractivity contribution in [3.63, 3.8) is 0 Å². The fourth-order valence-corrected chi connectivity index (χ4v) is 5.06. The van der Waals surface area contributed by atoms with Crippen molar-refractivity contribution in [2.45, 2.75) is 137 Å². The predicted molar refractivity (Wildman–Crippen MR) is 201 cm³/mol. The second-order valence-corrected chi connectivity index (χ2v) is 12.0. The third-order valence-electron chi connectivity index (χ3n) is 5.08. The van der Waals surface area contributed by atoms with E-state index in [0.717, 1.165) is 12.8 Å². The molecule has 0 radical (unpaired) electrons. The number of thiophene rings is 2. The van der Waals surface area contributed by atoms with Gasteiger partial charge in [-0.3, -0.25) is 0 Å². The third-order valence-corrected chi connectivity index (χ3v) is 7.85. The van der Waals surface area contributed by atoms with Crippen LogP contribution in [0, 0.1) is 13.8 Å². The summed E-state index contributed by atoms with van der Waals surface area (Å²) in [4.78, 5) is 0. The minimum Gasteiger partial charge on any atom is -1.00 e. The average molecular weight is 901 g/mol. The number of rotatable bonds is 15. The van der Waals surface area contributed by atoms with Gasteiger partial charge in [0.15, 0.2) is 0 Å². The van der Waals surface area contributed by atoms with Crippen LogP contribution in [0.4, 0.5) is 0 Å². The summed E-state index contributed by atoms with van der Waals surface area (Å²) in [5.74, 6) is 0. The fourth-order valence-electron chi connectivity index (χ4n) is 2.81. The smallest absolute Gasteiger partial charge is 1.00 e. The molecule has 2 aromatic rings. The van der Waals surface area contributed by atoms with Gasteiger partial charge in [0, 0.05) is 15.2 Å². The van der Waals surface area contributed by atoms with E-state index in [9.17, 15) is 0 Å². The maximum atomic E-state index is 3.72. The molecule has 0 saturated carbocycles. The van der Waals surface area contributed by atoms with E-state index in [-0.39, 0.29) is 106 Å². The summed E-state index contributed by atoms with van der Waals surface area (Å²) in [5.41, 5.74) is 1.52. The SMILES string of the molecule is Brc1ccsc1.CCCCCCBr.CCCCCCc1ccsc1.[Br-].[Br-].[CH2-]CCCCC.[CH2-]CCCCC.[H-].[H-].[Mg+2].[Mg+2].[Mg+2]. The van der Waals surface area contributed by atoms with E-state index in [4.69, 9.17) is 0 Å². The molecule has 9 heteroatoms. The van der Waals surface area contributed by atoms with E-state index in [1.165, 1.54) is 112 Å². The Bertz CT molecular complexity index is 553. The molecule has 234 valence electrons. The van der Waals surface area contributed by atoms with Gasteiger partial charge in [0.05, 0.1) is 0 Å². The van der Waals surface area contributed by atoms with Gasteiger partial charge < -0.3 is 50.7 Å². The molecule has 41 heavy (non-hydrogen) atoms. The molecular weight excluding hydrogens is 841 g/mol. The van der Waals surface area contributed by atoms with E-state index in [0.29, 0.717) is 0 Å². The predicted octanol–water partition coefficient (Wildman–Crippen LogP) is 7.24. The Kier molecular flexibility index (Phi) is 96.4. The Labute approximate surface area is 355 Å². The quantitative estimate of drug-likeness (QED) is 0.0767. The molecule has 0 unspecified atom stereocenters. The van der Waals surface area contributed by atoms with E-state index in [1.807, 2.05) is 16.8 Å². The Morgan fingerprint density at radius 1 is 0.610 bits per heavy atom. The Hall–Kier alpha value is 3.62. The molecule has 2 heterocycles. The van der Waals surface area contributed by atoms with E-state index >= 15 is 0 Å². The number of unbranched alkanes of at least 4 members (excludes halogenated alkanes) is 12. The first-order valence-electron chi connectivity index (χ1n) is 14.4. The fraction of sp³-hybridized carbons (Fsp3) is 0.688. The molecule has 0 atom stereocenters. The summed E-state index contributed by atoms with van der Waals surface area (Å²) in [7, 11) is 0. The van der Waals surface area contributed by atoms with Gasteiger partial charge >= 0.3 is 69.2 Å². The first-order valence-corrected chi connectivity index (χ1v) is 18.2. The molecule has 0 aliphatic heterocycles. The summed E-state index contributed by atoms with van der Waals surface area (Å²) in [6.07, 6.45) is 22.4. The summed E-state index contributed by atoms with van der Waals surface area (Å²) < 4.78 is 1.17. The summed E-state index contributed by atoms with van der Waals surface area (Å²) in [6, 6.07) is 4.25. The molecule has 0 N–H and O–H groups in total. The maximum absolute atomic E-state index is 3.72. The van der Waals surface area contributed by atoms with Crippen LogP contribution in [0.1, 0.15) is 139 Å². The zero-order valence-corrected chi connectivity index (χ0v) is 39.3. The Morgan fingerprint density at radius 3 is 1.29 bits per heavy atom. The van der Waals surface area contributed by atoms with Crippen LogP contribution in [0.3, 0.4) is 0 Å². The van der Waals surface area contributed by atoms with Gasteiger partial charge in [-0.15, -0.1) is 0 Å². The van der Waals surface area contributed by atoms with Crippen LogP contribution in [0.15, 0.2) is 38.1 Å². The monoisotopic (exact) mass is 896 g/mol. The summed E-state index contributed by atoms with van der Waals surface area (Å²) >= 11 is 10.2. The van der Waals surface area contributed by atoms with Crippen LogP contribution in [0.25, 0.3) is 0 Å². The van der Waals surface area contributed by atoms with Crippen LogP contribution in [0.2, 0.25) is 0 Å². The molecular formula is C32H60Br4Mg3S2. The van der Waals surface area contributed by atoms with Gasteiger partial charge in [-0.2, -0.15) is 35.5 Å². The van der Waals surface area contributed by atoms with E-state index in [1.54, 1.807) is 22.7 Å². The van der Waals surface area contributed by atoms with Crippen molar-refractivity contribution in [3.05, 3.63) is 57.5 Å². The zero-order chi connectivity index (χ0) is 27.5. The molecule has 0 aromatic carbocycles. The molecule has 0 spiro atoms. The topological polar surface area (TPSA) is 0 Å². The van der Waals surface area contributed by atoms with Crippen molar-refractivity contribution in [1.29, 1.82) is 0 Å². The molecule has 2 aromatic heterocycles. The maximum Gasteiger partial charge on any atom is 2.00 e. The van der Waals surface area contributed by atoms with Crippen molar-refractivity contribution >= 4 is 124 Å². The van der Waals surface area contributed by atoms with Crippen LogP contribution in [0.5, 0.6) is 0 Å². The van der Waals surface area contributed by atoms with Crippen LogP contribution >= 0.6 is 54.5 Å². The zero-order valence-electron chi connectivity index (χ0n) is 29.1. The molecule has 0 nitrogen and oxygen atoms in total. The van der Waals surface area contributed by atoms with Gasteiger partial charge in [0.25, 0.3) is 0 Å². The van der Waals surface area contributed by atoms with Gasteiger partial charge in [-0.25, -0.2) is 0 Å². The molecule has 0 fully saturated rings. The van der Waals surface area contributed by atoms with Crippen LogP contribution in [-0.4, -0.2) is 74.5 Å². The first kappa shape index (κ1) is 63.3. The minimum atomic E-state index is 0. The molecule has 2 rings (SSSR count). The average Bonchev–Trinajstić information content (AvgIpc) is 3.60. The van der Waals surface area contributed by atoms with Crippen molar-refractivity contribution < 1.29 is 36.8 Å². The van der Waals surface area contributed by atoms with Crippen LogP contribution in [-0.2, 0) is 6.42 Å². The molecule has 0 amide bonds. The Balaban J connectivity index is -0.0000000389. The second kappa shape index (κ2) is 62.4.